The summed E-state index contributed by atoms with van der Waals surface area (Å²) in [7, 11) is -8.95. The fraction of sp³-hybridized carbons (Fsp3) is 0.394. The van der Waals surface area contributed by atoms with Crippen molar-refractivity contribution in [3.8, 4) is 11.8 Å². The Morgan fingerprint density at radius 1 is 1.02 bits per heavy atom. The number of rotatable bonds is 15. The number of benzene rings is 2. The van der Waals surface area contributed by atoms with Crippen molar-refractivity contribution < 1.29 is 60.5 Å². The highest BCUT2D eigenvalue weighted by atomic mass is 31.3. The van der Waals surface area contributed by atoms with Crippen LogP contribution in [0.15, 0.2) is 53.5 Å². The third kappa shape index (κ3) is 11.4. The summed E-state index contributed by atoms with van der Waals surface area (Å²) in [6.45, 7) is -0.113. The first-order valence-electron chi connectivity index (χ1n) is 17.0. The van der Waals surface area contributed by atoms with E-state index in [4.69, 9.17) is 15.4 Å². The molecule has 1 aliphatic rings. The summed E-state index contributed by atoms with van der Waals surface area (Å²) in [4.78, 5) is 71.5. The fourth-order valence-electron chi connectivity index (χ4n) is 5.91. The van der Waals surface area contributed by atoms with Gasteiger partial charge in [-0.25, -0.2) is 18.2 Å². The lowest BCUT2D eigenvalue weighted by molar-refractivity contribution is -0.645. The van der Waals surface area contributed by atoms with Gasteiger partial charge in [0.2, 0.25) is 16.9 Å². The molecule has 0 radical (unpaired) electrons. The summed E-state index contributed by atoms with van der Waals surface area (Å²) in [5.41, 5.74) is 9.55. The molecule has 6 N–H and O–H groups in total. The summed E-state index contributed by atoms with van der Waals surface area (Å²) >= 11 is 0. The molecule has 302 valence electrons. The second-order valence-electron chi connectivity index (χ2n) is 13.1. The van der Waals surface area contributed by atoms with E-state index in [0.29, 0.717) is 13.0 Å². The van der Waals surface area contributed by atoms with Crippen molar-refractivity contribution in [2.24, 2.45) is 0 Å². The van der Waals surface area contributed by atoms with Gasteiger partial charge in [0.15, 0.2) is 0 Å². The molecule has 3 unspecified atom stereocenters. The van der Waals surface area contributed by atoms with E-state index in [1.807, 2.05) is 38.0 Å². The highest BCUT2D eigenvalue weighted by Crippen LogP contribution is 2.65. The highest BCUT2D eigenvalue weighted by molar-refractivity contribution is 7.66. The number of fused-ring (bicyclic) bond motifs is 2. The van der Waals surface area contributed by atoms with Crippen molar-refractivity contribution in [1.82, 2.24) is 14.9 Å². The number of carbonyl (C=O) groups is 1. The van der Waals surface area contributed by atoms with Crippen LogP contribution in [0.2, 0.25) is 0 Å². The Labute approximate surface area is 321 Å². The molecular formula is C33H42N7O13P3. The number of phosphoric acid groups is 3. The van der Waals surface area contributed by atoms with Gasteiger partial charge in [0.05, 0.1) is 24.8 Å². The van der Waals surface area contributed by atoms with Gasteiger partial charge in [-0.2, -0.15) is 13.9 Å². The molecule has 0 aliphatic carbocycles. The SMILES string of the molecule is CN(C)c1ccc2cc3ccc(N(C)C)cc3[n+](CCCC(=O)NCC#Cc3cn([C@H]4CC[C@@H](COP(=O)(O)OP(=O)(O)OP(=O)([O-])O)O4)c(=O)nc3N)c2c1. The third-order valence-electron chi connectivity index (χ3n) is 8.55. The summed E-state index contributed by atoms with van der Waals surface area (Å²) in [6, 6.07) is 14.8. The fourth-order valence-corrected chi connectivity index (χ4v) is 8.93. The molecule has 0 spiro atoms. The number of pyridine rings is 1. The molecule has 1 aliphatic heterocycles. The van der Waals surface area contributed by atoms with Gasteiger partial charge in [0.25, 0.3) is 7.82 Å². The van der Waals surface area contributed by atoms with E-state index in [-0.39, 0.29) is 43.1 Å². The van der Waals surface area contributed by atoms with Crippen molar-refractivity contribution in [1.29, 1.82) is 0 Å². The lowest BCUT2D eigenvalue weighted by Crippen LogP contribution is -2.37. The first kappa shape index (κ1) is 42.9. The second-order valence-corrected chi connectivity index (χ2v) is 17.5. The zero-order valence-electron chi connectivity index (χ0n) is 30.8. The number of amides is 1. The Morgan fingerprint density at radius 3 is 2.23 bits per heavy atom. The Morgan fingerprint density at radius 2 is 1.64 bits per heavy atom. The third-order valence-corrected chi connectivity index (χ3v) is 12.3. The second kappa shape index (κ2) is 17.5. The normalized spacial score (nSPS) is 18.7. The van der Waals surface area contributed by atoms with Crippen molar-refractivity contribution in [2.45, 2.75) is 44.6 Å². The quantitative estimate of drug-likeness (QED) is 0.0495. The van der Waals surface area contributed by atoms with E-state index in [2.05, 4.69) is 82.3 Å². The maximum Gasteiger partial charge on any atom is 0.487 e. The number of aromatic nitrogens is 3. The average molecular weight is 838 g/mol. The lowest BCUT2D eigenvalue weighted by atomic mass is 10.1. The van der Waals surface area contributed by atoms with E-state index in [0.717, 1.165) is 37.7 Å². The van der Waals surface area contributed by atoms with Crippen molar-refractivity contribution >= 4 is 68.4 Å². The number of hydrogen-bond donors (Lipinski definition) is 5. The van der Waals surface area contributed by atoms with Crippen LogP contribution in [0.3, 0.4) is 0 Å². The number of ether oxygens (including phenoxy) is 1. The Balaban J connectivity index is 1.17. The first-order chi connectivity index (χ1) is 26.2. The van der Waals surface area contributed by atoms with Gasteiger partial charge in [0, 0.05) is 81.5 Å². The summed E-state index contributed by atoms with van der Waals surface area (Å²) in [6.07, 6.45) is 0.628. The number of hydrogen-bond acceptors (Lipinski definition) is 14. The molecule has 23 heteroatoms. The zero-order chi connectivity index (χ0) is 41.0. The zero-order valence-corrected chi connectivity index (χ0v) is 33.5. The van der Waals surface area contributed by atoms with Gasteiger partial charge in [-0.1, -0.05) is 11.8 Å². The molecule has 4 aromatic rings. The molecule has 2 aromatic carbocycles. The number of nitrogen functional groups attached to an aromatic ring is 1. The van der Waals surface area contributed by atoms with E-state index < -0.39 is 48.1 Å². The topological polar surface area (TPSA) is 272 Å². The standard InChI is InChI=1S/C33H42N7O13P3/c1-37(2)25-11-9-22-17-23-10-12-26(38(3)4)19-29(23)39(28(22)18-25)16-6-8-30(41)35-15-5-7-24-20-40(33(42)36-32(24)34)31-14-13-27(51-31)21-50-55(46,47)53-56(48,49)52-54(43,44)45/h9-12,17-20,27,31H,6,8,13-16,21H2,1-4H3,(H6-,34,35,36,41,42,43,44,45,46,47,48,49)/t27-,31+/m0/s1. The van der Waals surface area contributed by atoms with Gasteiger partial charge in [0.1, 0.15) is 18.6 Å². The van der Waals surface area contributed by atoms with Crippen molar-refractivity contribution in [3.05, 3.63) is 64.7 Å². The molecule has 0 bridgehead atoms. The number of nitrogens with zero attached hydrogens (tertiary/aromatic N) is 5. The maximum atomic E-state index is 12.8. The van der Waals surface area contributed by atoms with E-state index in [1.54, 1.807) is 0 Å². The molecule has 0 saturated carbocycles. The van der Waals surface area contributed by atoms with E-state index in [9.17, 15) is 38.0 Å². The lowest BCUT2D eigenvalue weighted by Gasteiger charge is -2.21. The number of aryl methyl sites for hydroxylation is 1. The molecule has 5 rings (SSSR count). The smallest absolute Gasteiger partial charge is 0.487 e. The van der Waals surface area contributed by atoms with Crippen LogP contribution < -0.4 is 36.0 Å². The minimum atomic E-state index is -5.79. The molecule has 1 saturated heterocycles. The van der Waals surface area contributed by atoms with Crippen LogP contribution in [0.1, 0.15) is 37.5 Å². The molecule has 1 fully saturated rings. The predicted molar refractivity (Wildman–Crippen MR) is 203 cm³/mol. The Hall–Kier alpha value is -4.21. The summed E-state index contributed by atoms with van der Waals surface area (Å²) in [5.74, 6) is 5.24. The Bertz CT molecular complexity index is 2330. The monoisotopic (exact) mass is 837 g/mol. The molecular weight excluding hydrogens is 795 g/mol. The predicted octanol–water partition coefficient (Wildman–Crippen LogP) is 1.89. The van der Waals surface area contributed by atoms with Crippen LogP contribution in [-0.4, -0.2) is 77.6 Å². The largest absolute Gasteiger partial charge is 0.756 e. The van der Waals surface area contributed by atoms with Crippen molar-refractivity contribution in [2.75, 3.05) is 56.9 Å². The van der Waals surface area contributed by atoms with Crippen LogP contribution >= 0.6 is 23.5 Å². The number of anilines is 3. The molecule has 2 aromatic heterocycles. The van der Waals surface area contributed by atoms with Crippen LogP contribution in [0.5, 0.6) is 0 Å². The van der Waals surface area contributed by atoms with Crippen LogP contribution in [0.4, 0.5) is 17.2 Å². The van der Waals surface area contributed by atoms with Gasteiger partial charge >= 0.3 is 21.3 Å². The number of carbonyl (C=O) groups excluding carboxylic acids is 1. The molecule has 1 amide bonds. The molecule has 56 heavy (non-hydrogen) atoms. The first-order valence-corrected chi connectivity index (χ1v) is 21.5. The molecule has 3 heterocycles. The van der Waals surface area contributed by atoms with E-state index >= 15 is 0 Å². The van der Waals surface area contributed by atoms with Crippen LogP contribution in [0.25, 0.3) is 21.8 Å². The van der Waals surface area contributed by atoms with Gasteiger partial charge in [-0.05, 0) is 43.2 Å². The van der Waals surface area contributed by atoms with E-state index in [1.165, 1.54) is 6.20 Å². The van der Waals surface area contributed by atoms with Gasteiger partial charge in [-0.3, -0.25) is 18.5 Å². The highest BCUT2D eigenvalue weighted by Gasteiger charge is 2.39. The molecule has 5 atom stereocenters. The summed E-state index contributed by atoms with van der Waals surface area (Å²) < 4.78 is 55.1. The van der Waals surface area contributed by atoms with Gasteiger partial charge < -0.3 is 45.2 Å². The maximum absolute atomic E-state index is 12.8. The minimum absolute atomic E-state index is 0.0146. The van der Waals surface area contributed by atoms with Crippen LogP contribution in [-0.2, 0) is 42.9 Å². The number of nitrogens with one attached hydrogen (secondary N) is 1. The van der Waals surface area contributed by atoms with Crippen molar-refractivity contribution in [3.63, 3.8) is 0 Å². The number of nitrogens with two attached hydrogens (primary N) is 1. The summed E-state index contributed by atoms with van der Waals surface area (Å²) in [5, 5.41) is 4.95. The minimum Gasteiger partial charge on any atom is -0.756 e. The van der Waals surface area contributed by atoms with Crippen LogP contribution in [0, 0.1) is 11.8 Å². The molecule has 20 nitrogen and oxygen atoms in total. The van der Waals surface area contributed by atoms with Gasteiger partial charge in [-0.15, -0.1) is 0 Å². The average Bonchev–Trinajstić information content (AvgIpc) is 3.56. The Kier molecular flexibility index (Phi) is 13.4. The number of phosphoric ester groups is 1.